The molecule has 156 valence electrons. The summed E-state index contributed by atoms with van der Waals surface area (Å²) in [5.41, 5.74) is 3.41. The molecule has 0 spiro atoms. The third kappa shape index (κ3) is 4.81. The van der Waals surface area contributed by atoms with Crippen molar-refractivity contribution in [1.29, 1.82) is 0 Å². The highest BCUT2D eigenvalue weighted by molar-refractivity contribution is 8.00. The molecule has 6 heteroatoms. The summed E-state index contributed by atoms with van der Waals surface area (Å²) in [5, 5.41) is 2.72. The van der Waals surface area contributed by atoms with Crippen LogP contribution in [0, 0.1) is 0 Å². The monoisotopic (exact) mass is 430 g/mol. The van der Waals surface area contributed by atoms with Gasteiger partial charge < -0.3 is 10.1 Å². The average Bonchev–Trinajstić information content (AvgIpc) is 3.20. The first-order valence-electron chi connectivity index (χ1n) is 9.86. The van der Waals surface area contributed by atoms with Gasteiger partial charge in [0.25, 0.3) is 0 Å². The van der Waals surface area contributed by atoms with E-state index in [1.807, 2.05) is 78.9 Å². The number of methoxy groups -OCH3 is 1. The van der Waals surface area contributed by atoms with Crippen molar-refractivity contribution in [3.8, 4) is 5.75 Å². The van der Waals surface area contributed by atoms with Gasteiger partial charge in [-0.1, -0.05) is 54.6 Å². The number of anilines is 2. The summed E-state index contributed by atoms with van der Waals surface area (Å²) in [7, 11) is 1.60. The van der Waals surface area contributed by atoms with Crippen LogP contribution in [0.2, 0.25) is 0 Å². The quantitative estimate of drug-likeness (QED) is 0.551. The number of nitrogens with one attached hydrogen (secondary N) is 1. The number of carbonyl (C=O) groups is 2. The number of thioether (sulfide) groups is 1. The molecule has 2 amide bonds. The van der Waals surface area contributed by atoms with Gasteiger partial charge in [0.05, 0.1) is 18.6 Å². The first-order chi connectivity index (χ1) is 15.2. The Labute approximate surface area is 185 Å². The van der Waals surface area contributed by atoms with E-state index >= 15 is 0 Å². The van der Waals surface area contributed by atoms with Gasteiger partial charge in [-0.05, 0) is 41.5 Å². The molecule has 1 aliphatic heterocycles. The van der Waals surface area contributed by atoms with Crippen molar-refractivity contribution in [1.82, 2.24) is 0 Å². The van der Waals surface area contributed by atoms with E-state index in [9.17, 15) is 9.59 Å². The van der Waals surface area contributed by atoms with E-state index in [4.69, 9.17) is 4.74 Å². The Balaban J connectivity index is 1.47. The molecule has 1 aliphatic rings. The lowest BCUT2D eigenvalue weighted by Gasteiger charge is -2.26. The van der Waals surface area contributed by atoms with Crippen LogP contribution in [0.25, 0.3) is 6.08 Å². The Morgan fingerprint density at radius 3 is 2.48 bits per heavy atom. The van der Waals surface area contributed by atoms with Crippen molar-refractivity contribution < 1.29 is 14.3 Å². The molecule has 0 saturated carbocycles. The van der Waals surface area contributed by atoms with Gasteiger partial charge in [-0.15, -0.1) is 11.8 Å². The lowest BCUT2D eigenvalue weighted by atomic mass is 10.1. The number of hydrogen-bond donors (Lipinski definition) is 1. The van der Waals surface area contributed by atoms with Crippen LogP contribution in [0.4, 0.5) is 11.4 Å². The fraction of sp³-hybridized carbons (Fsp3) is 0.120. The zero-order valence-electron chi connectivity index (χ0n) is 17.0. The van der Waals surface area contributed by atoms with Gasteiger partial charge in [0.1, 0.15) is 11.1 Å². The zero-order chi connectivity index (χ0) is 21.6. The van der Waals surface area contributed by atoms with Gasteiger partial charge in [-0.2, -0.15) is 0 Å². The molecule has 0 aromatic heterocycles. The summed E-state index contributed by atoms with van der Waals surface area (Å²) < 4.78 is 5.45. The van der Waals surface area contributed by atoms with Crippen molar-refractivity contribution in [2.75, 3.05) is 23.1 Å². The Kier molecular flexibility index (Phi) is 6.38. The molecule has 1 fully saturated rings. The van der Waals surface area contributed by atoms with Crippen molar-refractivity contribution >= 4 is 41.0 Å². The largest absolute Gasteiger partial charge is 0.495 e. The molecule has 31 heavy (non-hydrogen) atoms. The van der Waals surface area contributed by atoms with E-state index in [-0.39, 0.29) is 17.2 Å². The average molecular weight is 431 g/mol. The fourth-order valence-corrected chi connectivity index (χ4v) is 4.58. The number of ether oxygens (including phenoxy) is 1. The molecule has 0 aliphatic carbocycles. The van der Waals surface area contributed by atoms with Crippen molar-refractivity contribution in [2.45, 2.75) is 5.37 Å². The van der Waals surface area contributed by atoms with E-state index < -0.39 is 0 Å². The maximum Gasteiger partial charge on any atom is 0.248 e. The topological polar surface area (TPSA) is 58.6 Å². The maximum atomic E-state index is 12.6. The summed E-state index contributed by atoms with van der Waals surface area (Å²) in [6.07, 6.45) is 3.29. The van der Waals surface area contributed by atoms with Crippen LogP contribution in [-0.2, 0) is 9.59 Å². The lowest BCUT2D eigenvalue weighted by Crippen LogP contribution is -2.28. The molecule has 1 saturated heterocycles. The van der Waals surface area contributed by atoms with Crippen molar-refractivity contribution in [3.05, 3.63) is 96.1 Å². The van der Waals surface area contributed by atoms with Crippen LogP contribution in [0.5, 0.6) is 5.75 Å². The van der Waals surface area contributed by atoms with Gasteiger partial charge >= 0.3 is 0 Å². The van der Waals surface area contributed by atoms with Crippen LogP contribution in [-0.4, -0.2) is 24.7 Å². The van der Waals surface area contributed by atoms with E-state index in [1.54, 1.807) is 29.8 Å². The third-order valence-corrected chi connectivity index (χ3v) is 6.12. The Hall–Kier alpha value is -3.51. The van der Waals surface area contributed by atoms with Gasteiger partial charge in [0, 0.05) is 11.8 Å². The Morgan fingerprint density at radius 1 is 1.03 bits per heavy atom. The number of nitrogens with zero attached hydrogens (tertiary/aromatic N) is 1. The molecule has 5 nitrogen and oxygen atoms in total. The highest BCUT2D eigenvalue weighted by Crippen LogP contribution is 2.44. The summed E-state index contributed by atoms with van der Waals surface area (Å²) in [4.78, 5) is 26.6. The minimum absolute atomic E-state index is 0.0444. The number of para-hydroxylation sites is 2. The molecule has 0 radical (unpaired) electrons. The van der Waals surface area contributed by atoms with E-state index in [0.29, 0.717) is 17.2 Å². The third-order valence-electron chi connectivity index (χ3n) is 4.90. The fourth-order valence-electron chi connectivity index (χ4n) is 3.41. The highest BCUT2D eigenvalue weighted by atomic mass is 32.2. The molecule has 1 unspecified atom stereocenters. The van der Waals surface area contributed by atoms with Crippen LogP contribution >= 0.6 is 11.8 Å². The number of rotatable bonds is 6. The van der Waals surface area contributed by atoms with Gasteiger partial charge in [0.2, 0.25) is 11.8 Å². The zero-order valence-corrected chi connectivity index (χ0v) is 17.8. The molecule has 1 heterocycles. The molecule has 3 aromatic carbocycles. The van der Waals surface area contributed by atoms with Crippen LogP contribution in [0.3, 0.4) is 0 Å². The summed E-state index contributed by atoms with van der Waals surface area (Å²) in [6, 6.07) is 24.8. The first-order valence-corrected chi connectivity index (χ1v) is 10.9. The van der Waals surface area contributed by atoms with Gasteiger partial charge in [-0.3, -0.25) is 14.5 Å². The minimum Gasteiger partial charge on any atom is -0.495 e. The predicted molar refractivity (Wildman–Crippen MR) is 126 cm³/mol. The standard InChI is InChI=1S/C25H22N2O3S/c1-30-22-10-6-5-9-21(22)27-24(29)17-31-25(27)19-12-14-20(15-13-19)26-23(28)16-11-18-7-3-2-4-8-18/h2-16,25H,17H2,1H3,(H,26,28)/b16-11+. The second-order valence-electron chi connectivity index (χ2n) is 6.95. The van der Waals surface area contributed by atoms with E-state index in [1.165, 1.54) is 6.08 Å². The van der Waals surface area contributed by atoms with Crippen LogP contribution < -0.4 is 15.0 Å². The maximum absolute atomic E-state index is 12.6. The second-order valence-corrected chi connectivity index (χ2v) is 8.02. The smallest absolute Gasteiger partial charge is 0.248 e. The minimum atomic E-state index is -0.197. The SMILES string of the molecule is COc1ccccc1N1C(=O)CSC1c1ccc(NC(=O)/C=C/c2ccccc2)cc1. The highest BCUT2D eigenvalue weighted by Gasteiger charge is 2.35. The van der Waals surface area contributed by atoms with Gasteiger partial charge in [0.15, 0.2) is 0 Å². The molecule has 0 bridgehead atoms. The number of benzene rings is 3. The molecular formula is C25H22N2O3S. The number of amides is 2. The second kappa shape index (κ2) is 9.53. The molecular weight excluding hydrogens is 408 g/mol. The predicted octanol–water partition coefficient (Wildman–Crippen LogP) is 5.13. The molecule has 4 rings (SSSR count). The van der Waals surface area contributed by atoms with Crippen LogP contribution in [0.1, 0.15) is 16.5 Å². The van der Waals surface area contributed by atoms with Crippen LogP contribution in [0.15, 0.2) is 84.9 Å². The Bertz CT molecular complexity index is 1100. The number of carbonyl (C=O) groups excluding carboxylic acids is 2. The summed E-state index contributed by atoms with van der Waals surface area (Å²) >= 11 is 1.57. The Morgan fingerprint density at radius 2 is 1.74 bits per heavy atom. The first kappa shape index (κ1) is 20.8. The summed E-state index contributed by atoms with van der Waals surface area (Å²) in [6.45, 7) is 0. The molecule has 1 N–H and O–H groups in total. The lowest BCUT2D eigenvalue weighted by molar-refractivity contribution is -0.116. The summed E-state index contributed by atoms with van der Waals surface area (Å²) in [5.74, 6) is 0.920. The van der Waals surface area contributed by atoms with Gasteiger partial charge in [-0.25, -0.2) is 0 Å². The molecule has 3 aromatic rings. The van der Waals surface area contributed by atoms with E-state index in [0.717, 1.165) is 16.8 Å². The number of hydrogen-bond acceptors (Lipinski definition) is 4. The van der Waals surface area contributed by atoms with Crippen molar-refractivity contribution in [3.63, 3.8) is 0 Å². The van der Waals surface area contributed by atoms with E-state index in [2.05, 4.69) is 5.32 Å². The van der Waals surface area contributed by atoms with Crippen molar-refractivity contribution in [2.24, 2.45) is 0 Å². The normalized spacial score (nSPS) is 16.0. The molecule has 1 atom stereocenters.